The molecular weight excluding hydrogens is 278 g/mol. The van der Waals surface area contributed by atoms with Crippen molar-refractivity contribution in [3.8, 4) is 11.5 Å². The first-order chi connectivity index (χ1) is 10.7. The van der Waals surface area contributed by atoms with E-state index in [0.29, 0.717) is 5.75 Å². The molecule has 0 fully saturated rings. The molecule has 0 spiro atoms. The summed E-state index contributed by atoms with van der Waals surface area (Å²) in [5, 5.41) is 10.8. The fourth-order valence-corrected chi connectivity index (χ4v) is 2.50. The van der Waals surface area contributed by atoms with Gasteiger partial charge in [0, 0.05) is 23.7 Å². The summed E-state index contributed by atoms with van der Waals surface area (Å²) in [5.74, 6) is 1.24. The van der Waals surface area contributed by atoms with E-state index in [-0.39, 0.29) is 5.75 Å². The fourth-order valence-electron chi connectivity index (χ4n) is 2.50. The predicted octanol–water partition coefficient (Wildman–Crippen LogP) is 3.50. The number of methoxy groups -OCH3 is 1. The Kier molecular flexibility index (Phi) is 3.78. The second-order valence-corrected chi connectivity index (χ2v) is 4.82. The number of aromatic nitrogens is 2. The molecule has 5 heteroatoms. The number of aromatic hydroxyl groups is 1. The summed E-state index contributed by atoms with van der Waals surface area (Å²) >= 11 is 0. The highest BCUT2D eigenvalue weighted by Crippen LogP contribution is 2.35. The van der Waals surface area contributed by atoms with Gasteiger partial charge in [-0.15, -0.1) is 0 Å². The van der Waals surface area contributed by atoms with Crippen LogP contribution >= 0.6 is 0 Å². The average molecular weight is 295 g/mol. The number of phenolic OH excluding ortho intramolecular Hbond substituents is 1. The Labute approximate surface area is 128 Å². The third kappa shape index (κ3) is 2.41. The van der Waals surface area contributed by atoms with Gasteiger partial charge in [0.05, 0.1) is 12.6 Å². The zero-order valence-electron chi connectivity index (χ0n) is 12.5. The SMILES string of the molecule is CCN(c1ccccc1)c1ncnc2cc(OC)c(O)cc12. The van der Waals surface area contributed by atoms with Crippen LogP contribution in [0.15, 0.2) is 48.8 Å². The van der Waals surface area contributed by atoms with E-state index < -0.39 is 0 Å². The molecule has 2 aromatic carbocycles. The van der Waals surface area contributed by atoms with Gasteiger partial charge in [-0.05, 0) is 25.1 Å². The summed E-state index contributed by atoms with van der Waals surface area (Å²) in [5.41, 5.74) is 1.77. The highest BCUT2D eigenvalue weighted by molar-refractivity contribution is 5.93. The first-order valence-corrected chi connectivity index (χ1v) is 7.09. The van der Waals surface area contributed by atoms with Crippen LogP contribution in [0.5, 0.6) is 11.5 Å². The van der Waals surface area contributed by atoms with Crippen LogP contribution in [0.3, 0.4) is 0 Å². The minimum absolute atomic E-state index is 0.0789. The molecule has 0 aliphatic heterocycles. The van der Waals surface area contributed by atoms with E-state index in [0.717, 1.165) is 29.0 Å². The van der Waals surface area contributed by atoms with E-state index in [1.165, 1.54) is 13.4 Å². The first kappa shape index (κ1) is 14.1. The second-order valence-electron chi connectivity index (χ2n) is 4.82. The van der Waals surface area contributed by atoms with Crippen LogP contribution in [0.2, 0.25) is 0 Å². The number of para-hydroxylation sites is 1. The van der Waals surface area contributed by atoms with Gasteiger partial charge in [-0.1, -0.05) is 18.2 Å². The highest BCUT2D eigenvalue weighted by Gasteiger charge is 2.15. The summed E-state index contributed by atoms with van der Waals surface area (Å²) in [6.45, 7) is 2.81. The number of anilines is 2. The van der Waals surface area contributed by atoms with Crippen molar-refractivity contribution >= 4 is 22.4 Å². The van der Waals surface area contributed by atoms with Crippen molar-refractivity contribution < 1.29 is 9.84 Å². The van der Waals surface area contributed by atoms with Crippen molar-refractivity contribution in [2.45, 2.75) is 6.92 Å². The molecule has 3 aromatic rings. The van der Waals surface area contributed by atoms with Crippen LogP contribution in [0.1, 0.15) is 6.92 Å². The minimum atomic E-state index is 0.0789. The van der Waals surface area contributed by atoms with Gasteiger partial charge in [-0.3, -0.25) is 0 Å². The molecule has 0 saturated carbocycles. The van der Waals surface area contributed by atoms with Crippen molar-refractivity contribution in [1.29, 1.82) is 0 Å². The third-order valence-corrected chi connectivity index (χ3v) is 3.55. The lowest BCUT2D eigenvalue weighted by atomic mass is 10.2. The number of benzene rings is 2. The van der Waals surface area contributed by atoms with Gasteiger partial charge in [0.15, 0.2) is 11.5 Å². The lowest BCUT2D eigenvalue weighted by Crippen LogP contribution is -2.17. The summed E-state index contributed by atoms with van der Waals surface area (Å²) in [7, 11) is 1.52. The smallest absolute Gasteiger partial charge is 0.162 e. The first-order valence-electron chi connectivity index (χ1n) is 7.09. The van der Waals surface area contributed by atoms with E-state index >= 15 is 0 Å². The highest BCUT2D eigenvalue weighted by atomic mass is 16.5. The molecule has 0 unspecified atom stereocenters. The molecule has 22 heavy (non-hydrogen) atoms. The topological polar surface area (TPSA) is 58.5 Å². The Bertz CT molecular complexity index is 791. The van der Waals surface area contributed by atoms with Gasteiger partial charge in [0.1, 0.15) is 12.1 Å². The van der Waals surface area contributed by atoms with Gasteiger partial charge in [-0.25, -0.2) is 9.97 Å². The third-order valence-electron chi connectivity index (χ3n) is 3.55. The monoisotopic (exact) mass is 295 g/mol. The van der Waals surface area contributed by atoms with Crippen LogP contribution in [-0.2, 0) is 0 Å². The summed E-state index contributed by atoms with van der Waals surface area (Å²) in [4.78, 5) is 10.8. The number of nitrogens with zero attached hydrogens (tertiary/aromatic N) is 3. The minimum Gasteiger partial charge on any atom is -0.504 e. The Hall–Kier alpha value is -2.82. The molecule has 3 rings (SSSR count). The number of phenols is 1. The van der Waals surface area contributed by atoms with E-state index in [2.05, 4.69) is 21.8 Å². The Morgan fingerprint density at radius 3 is 2.59 bits per heavy atom. The molecular formula is C17H17N3O2. The van der Waals surface area contributed by atoms with Gasteiger partial charge >= 0.3 is 0 Å². The van der Waals surface area contributed by atoms with Crippen LogP contribution in [0.4, 0.5) is 11.5 Å². The van der Waals surface area contributed by atoms with Gasteiger partial charge in [-0.2, -0.15) is 0 Å². The average Bonchev–Trinajstić information content (AvgIpc) is 2.56. The number of ether oxygens (including phenoxy) is 1. The van der Waals surface area contributed by atoms with Crippen molar-refractivity contribution in [2.24, 2.45) is 0 Å². The standard InChI is InChI=1S/C17H17N3O2/c1-3-20(12-7-5-4-6-8-12)17-13-9-15(21)16(22-2)10-14(13)18-11-19-17/h4-11,21H,3H2,1-2H3. The molecule has 0 aliphatic rings. The molecule has 1 aromatic heterocycles. The van der Waals surface area contributed by atoms with Gasteiger partial charge in [0.2, 0.25) is 0 Å². The molecule has 1 N–H and O–H groups in total. The number of rotatable bonds is 4. The van der Waals surface area contributed by atoms with Crippen LogP contribution in [-0.4, -0.2) is 28.7 Å². The van der Waals surface area contributed by atoms with Crippen molar-refractivity contribution in [3.05, 3.63) is 48.8 Å². The molecule has 112 valence electrons. The summed E-state index contributed by atoms with van der Waals surface area (Å²) < 4.78 is 5.14. The van der Waals surface area contributed by atoms with E-state index in [4.69, 9.17) is 4.74 Å². The lowest BCUT2D eigenvalue weighted by Gasteiger charge is -2.23. The fraction of sp³-hybridized carbons (Fsp3) is 0.176. The van der Waals surface area contributed by atoms with E-state index in [1.807, 2.05) is 30.3 Å². The summed E-state index contributed by atoms with van der Waals surface area (Å²) in [6.07, 6.45) is 1.53. The quantitative estimate of drug-likeness (QED) is 0.798. The van der Waals surface area contributed by atoms with Crippen LogP contribution < -0.4 is 9.64 Å². The van der Waals surface area contributed by atoms with Gasteiger partial charge in [0.25, 0.3) is 0 Å². The van der Waals surface area contributed by atoms with Crippen molar-refractivity contribution in [1.82, 2.24) is 9.97 Å². The number of hydrogen-bond acceptors (Lipinski definition) is 5. The molecule has 0 saturated heterocycles. The zero-order chi connectivity index (χ0) is 15.5. The zero-order valence-corrected chi connectivity index (χ0v) is 12.5. The molecule has 5 nitrogen and oxygen atoms in total. The number of fused-ring (bicyclic) bond motifs is 1. The van der Waals surface area contributed by atoms with Gasteiger partial charge < -0.3 is 14.7 Å². The predicted molar refractivity (Wildman–Crippen MR) is 86.9 cm³/mol. The largest absolute Gasteiger partial charge is 0.504 e. The normalized spacial score (nSPS) is 10.6. The Morgan fingerprint density at radius 2 is 1.91 bits per heavy atom. The Morgan fingerprint density at radius 1 is 1.14 bits per heavy atom. The summed E-state index contributed by atoms with van der Waals surface area (Å²) in [6, 6.07) is 13.4. The molecule has 0 amide bonds. The van der Waals surface area contributed by atoms with Crippen LogP contribution in [0.25, 0.3) is 10.9 Å². The van der Waals surface area contributed by atoms with Crippen molar-refractivity contribution in [3.63, 3.8) is 0 Å². The van der Waals surface area contributed by atoms with Crippen LogP contribution in [0, 0.1) is 0 Å². The molecule has 0 aliphatic carbocycles. The molecule has 1 heterocycles. The maximum atomic E-state index is 10.1. The Balaban J connectivity index is 2.19. The van der Waals surface area contributed by atoms with E-state index in [9.17, 15) is 5.11 Å². The molecule has 0 bridgehead atoms. The maximum Gasteiger partial charge on any atom is 0.162 e. The molecule has 0 radical (unpaired) electrons. The lowest BCUT2D eigenvalue weighted by molar-refractivity contribution is 0.374. The van der Waals surface area contributed by atoms with E-state index in [1.54, 1.807) is 12.1 Å². The maximum absolute atomic E-state index is 10.1. The van der Waals surface area contributed by atoms with Crippen molar-refractivity contribution in [2.75, 3.05) is 18.6 Å². The second kappa shape index (κ2) is 5.89. The molecule has 0 atom stereocenters. The number of hydrogen-bond donors (Lipinski definition) is 1.